The molecule has 124 valence electrons. The third-order valence-corrected chi connectivity index (χ3v) is 5.12. The molecule has 6 heteroatoms. The molecule has 2 N–H and O–H groups in total. The third-order valence-electron chi connectivity index (χ3n) is 3.97. The van der Waals surface area contributed by atoms with E-state index in [1.54, 1.807) is 0 Å². The highest BCUT2D eigenvalue weighted by Crippen LogP contribution is 2.31. The molecule has 0 amide bonds. The monoisotopic (exact) mass is 441 g/mol. The Labute approximate surface area is 153 Å². The first kappa shape index (κ1) is 17.2. The first-order chi connectivity index (χ1) is 11.2. The number of rotatable bonds is 6. The third kappa shape index (κ3) is 4.90. The van der Waals surface area contributed by atoms with Crippen molar-refractivity contribution in [3.05, 3.63) is 45.0 Å². The number of hydrogen-bond acceptors (Lipinski definition) is 4. The normalized spacial score (nSPS) is 15.9. The molecule has 4 nitrogen and oxygen atoms in total. The zero-order valence-electron chi connectivity index (χ0n) is 12.9. The Hall–Kier alpha value is -0.660. The summed E-state index contributed by atoms with van der Waals surface area (Å²) in [5.41, 5.74) is 1.07. The van der Waals surface area contributed by atoms with Gasteiger partial charge in [0.15, 0.2) is 0 Å². The van der Waals surface area contributed by atoms with Crippen molar-refractivity contribution < 1.29 is 4.42 Å². The van der Waals surface area contributed by atoms with Gasteiger partial charge in [0, 0.05) is 53.8 Å². The number of hydrogen-bond donors (Lipinski definition) is 2. The molecule has 1 aliphatic rings. The van der Waals surface area contributed by atoms with Crippen molar-refractivity contribution in [3.63, 3.8) is 0 Å². The van der Waals surface area contributed by atoms with Gasteiger partial charge in [-0.15, -0.1) is 0 Å². The average molecular weight is 443 g/mol. The molecular weight excluding hydrogens is 422 g/mol. The second kappa shape index (κ2) is 8.44. The highest BCUT2D eigenvalue weighted by Gasteiger charge is 2.10. The van der Waals surface area contributed by atoms with E-state index in [1.165, 1.54) is 0 Å². The van der Waals surface area contributed by atoms with Gasteiger partial charge in [0.2, 0.25) is 0 Å². The standard InChI is InChI=1S/C17H21Br2N3O/c18-13-1-3-15(16(19)11-13)17-4-2-14(23-17)12-21-7-10-22-8-5-20-6-9-22/h1-4,11,20-21H,5-10,12H2. The molecule has 1 fully saturated rings. The van der Waals surface area contributed by atoms with Crippen LogP contribution < -0.4 is 10.6 Å². The minimum absolute atomic E-state index is 0.764. The molecule has 1 saturated heterocycles. The molecule has 3 rings (SSSR count). The highest BCUT2D eigenvalue weighted by molar-refractivity contribution is 9.11. The maximum Gasteiger partial charge on any atom is 0.135 e. The second-order valence-electron chi connectivity index (χ2n) is 5.66. The van der Waals surface area contributed by atoms with E-state index in [1.807, 2.05) is 24.3 Å². The van der Waals surface area contributed by atoms with Crippen LogP contribution in [0.5, 0.6) is 0 Å². The number of halogens is 2. The molecule has 0 atom stereocenters. The Bertz CT molecular complexity index is 639. The van der Waals surface area contributed by atoms with E-state index in [9.17, 15) is 0 Å². The lowest BCUT2D eigenvalue weighted by Gasteiger charge is -2.27. The summed E-state index contributed by atoms with van der Waals surface area (Å²) in [6, 6.07) is 10.2. The Morgan fingerprint density at radius 2 is 1.96 bits per heavy atom. The lowest BCUT2D eigenvalue weighted by atomic mass is 10.2. The van der Waals surface area contributed by atoms with Crippen LogP contribution in [-0.4, -0.2) is 44.2 Å². The number of nitrogens with one attached hydrogen (secondary N) is 2. The van der Waals surface area contributed by atoms with Gasteiger partial charge in [-0.25, -0.2) is 0 Å². The van der Waals surface area contributed by atoms with Crippen molar-refractivity contribution in [2.75, 3.05) is 39.3 Å². The number of nitrogens with zero attached hydrogens (tertiary/aromatic N) is 1. The fourth-order valence-corrected chi connectivity index (χ4v) is 3.93. The summed E-state index contributed by atoms with van der Waals surface area (Å²) in [6.45, 7) is 7.33. The molecule has 1 aromatic heterocycles. The second-order valence-corrected chi connectivity index (χ2v) is 7.43. The van der Waals surface area contributed by atoms with E-state index < -0.39 is 0 Å². The maximum absolute atomic E-state index is 5.95. The van der Waals surface area contributed by atoms with E-state index in [-0.39, 0.29) is 0 Å². The van der Waals surface area contributed by atoms with Crippen LogP contribution >= 0.6 is 31.9 Å². The van der Waals surface area contributed by atoms with Crippen LogP contribution in [0.4, 0.5) is 0 Å². The van der Waals surface area contributed by atoms with E-state index in [0.717, 1.165) is 71.8 Å². The summed E-state index contributed by atoms with van der Waals surface area (Å²) >= 11 is 7.06. The predicted octanol–water partition coefficient (Wildman–Crippen LogP) is 3.47. The maximum atomic E-state index is 5.95. The highest BCUT2D eigenvalue weighted by atomic mass is 79.9. The van der Waals surface area contributed by atoms with Crippen molar-refractivity contribution in [3.8, 4) is 11.3 Å². The predicted molar refractivity (Wildman–Crippen MR) is 101 cm³/mol. The van der Waals surface area contributed by atoms with Gasteiger partial charge in [0.05, 0.1) is 6.54 Å². The molecule has 0 saturated carbocycles. The topological polar surface area (TPSA) is 40.4 Å². The summed E-state index contributed by atoms with van der Waals surface area (Å²) in [4.78, 5) is 2.48. The van der Waals surface area contributed by atoms with Crippen LogP contribution in [0.1, 0.15) is 5.76 Å². The van der Waals surface area contributed by atoms with Crippen molar-refractivity contribution in [1.82, 2.24) is 15.5 Å². The van der Waals surface area contributed by atoms with Gasteiger partial charge in [0.25, 0.3) is 0 Å². The summed E-state index contributed by atoms with van der Waals surface area (Å²) in [6.07, 6.45) is 0. The smallest absolute Gasteiger partial charge is 0.135 e. The van der Waals surface area contributed by atoms with Gasteiger partial charge in [-0.2, -0.15) is 0 Å². The molecule has 0 radical (unpaired) electrons. The Kier molecular flexibility index (Phi) is 6.30. The molecule has 0 spiro atoms. The molecular formula is C17H21Br2N3O. The van der Waals surface area contributed by atoms with Crippen molar-refractivity contribution >= 4 is 31.9 Å². The van der Waals surface area contributed by atoms with Gasteiger partial charge in [-0.1, -0.05) is 15.9 Å². The van der Waals surface area contributed by atoms with Crippen LogP contribution in [0.3, 0.4) is 0 Å². The Morgan fingerprint density at radius 1 is 1.13 bits per heavy atom. The van der Waals surface area contributed by atoms with Gasteiger partial charge < -0.3 is 15.1 Å². The molecule has 2 aromatic rings. The largest absolute Gasteiger partial charge is 0.460 e. The number of benzene rings is 1. The van der Waals surface area contributed by atoms with Crippen LogP contribution in [-0.2, 0) is 6.54 Å². The SMILES string of the molecule is Brc1ccc(-c2ccc(CNCCN3CCNCC3)o2)c(Br)c1. The van der Waals surface area contributed by atoms with Gasteiger partial charge in [-0.05, 0) is 46.3 Å². The first-order valence-electron chi connectivity index (χ1n) is 7.90. The molecule has 23 heavy (non-hydrogen) atoms. The van der Waals surface area contributed by atoms with Crippen molar-refractivity contribution in [1.29, 1.82) is 0 Å². The minimum atomic E-state index is 0.764. The molecule has 0 bridgehead atoms. The molecule has 2 heterocycles. The first-order valence-corrected chi connectivity index (χ1v) is 9.49. The summed E-state index contributed by atoms with van der Waals surface area (Å²) in [5.74, 6) is 1.86. The zero-order valence-corrected chi connectivity index (χ0v) is 16.1. The number of piperazine rings is 1. The summed E-state index contributed by atoms with van der Waals surface area (Å²) in [7, 11) is 0. The summed E-state index contributed by atoms with van der Waals surface area (Å²) < 4.78 is 8.03. The molecule has 1 aliphatic heterocycles. The van der Waals surface area contributed by atoms with E-state index in [2.05, 4.69) is 53.5 Å². The van der Waals surface area contributed by atoms with Crippen molar-refractivity contribution in [2.24, 2.45) is 0 Å². The molecule has 0 aliphatic carbocycles. The van der Waals surface area contributed by atoms with Crippen LogP contribution in [0.2, 0.25) is 0 Å². The van der Waals surface area contributed by atoms with Gasteiger partial charge >= 0.3 is 0 Å². The Balaban J connectivity index is 1.49. The van der Waals surface area contributed by atoms with Crippen LogP contribution in [0.25, 0.3) is 11.3 Å². The van der Waals surface area contributed by atoms with Crippen LogP contribution in [0.15, 0.2) is 43.7 Å². The Morgan fingerprint density at radius 3 is 2.74 bits per heavy atom. The quantitative estimate of drug-likeness (QED) is 0.672. The van der Waals surface area contributed by atoms with Gasteiger partial charge in [0.1, 0.15) is 11.5 Å². The minimum Gasteiger partial charge on any atom is -0.460 e. The molecule has 1 aromatic carbocycles. The summed E-state index contributed by atoms with van der Waals surface area (Å²) in [5, 5.41) is 6.84. The lowest BCUT2D eigenvalue weighted by molar-refractivity contribution is 0.240. The van der Waals surface area contributed by atoms with E-state index in [0.29, 0.717) is 0 Å². The van der Waals surface area contributed by atoms with Crippen LogP contribution in [0, 0.1) is 0 Å². The van der Waals surface area contributed by atoms with E-state index >= 15 is 0 Å². The fraction of sp³-hybridized carbons (Fsp3) is 0.412. The number of furan rings is 1. The van der Waals surface area contributed by atoms with E-state index in [4.69, 9.17) is 4.42 Å². The van der Waals surface area contributed by atoms with Gasteiger partial charge in [-0.3, -0.25) is 4.90 Å². The van der Waals surface area contributed by atoms with Crippen molar-refractivity contribution in [2.45, 2.75) is 6.54 Å². The fourth-order valence-electron chi connectivity index (χ4n) is 2.69. The lowest BCUT2D eigenvalue weighted by Crippen LogP contribution is -2.45. The zero-order chi connectivity index (χ0) is 16.1. The molecule has 0 unspecified atom stereocenters. The average Bonchev–Trinajstić information content (AvgIpc) is 3.01.